The Labute approximate surface area is 117 Å². The number of hydrogen-bond acceptors (Lipinski definition) is 5. The Bertz CT molecular complexity index is 462. The summed E-state index contributed by atoms with van der Waals surface area (Å²) in [5, 5.41) is 1.14. The fraction of sp³-hybridized carbons (Fsp3) is 0.714. The van der Waals surface area contributed by atoms with Gasteiger partial charge in [-0.2, -0.15) is 0 Å². The van der Waals surface area contributed by atoms with Crippen LogP contribution >= 0.6 is 11.3 Å². The number of nitrogens with zero attached hydrogens (tertiary/aromatic N) is 2. The van der Waals surface area contributed by atoms with Gasteiger partial charge in [-0.05, 0) is 39.7 Å². The summed E-state index contributed by atoms with van der Waals surface area (Å²) in [5.41, 5.74) is 1.29. The second kappa shape index (κ2) is 5.21. The van der Waals surface area contributed by atoms with Crippen LogP contribution in [0.3, 0.4) is 0 Å². The van der Waals surface area contributed by atoms with Crippen LogP contribution in [0.5, 0.6) is 0 Å². The molecule has 0 amide bonds. The van der Waals surface area contributed by atoms with Crippen molar-refractivity contribution in [1.29, 1.82) is 0 Å². The van der Waals surface area contributed by atoms with Crippen LogP contribution in [-0.4, -0.2) is 35.0 Å². The summed E-state index contributed by atoms with van der Waals surface area (Å²) in [4.78, 5) is 20.0. The fourth-order valence-electron chi connectivity index (χ4n) is 2.89. The zero-order chi connectivity index (χ0) is 13.4. The lowest BCUT2D eigenvalue weighted by atomic mass is 10.0. The number of carbonyl (C=O) groups is 1. The largest absolute Gasteiger partial charge is 0.461 e. The van der Waals surface area contributed by atoms with Crippen LogP contribution in [0, 0.1) is 0 Å². The first kappa shape index (κ1) is 13.1. The van der Waals surface area contributed by atoms with Gasteiger partial charge in [0.05, 0.1) is 12.2 Å². The lowest BCUT2D eigenvalue weighted by Crippen LogP contribution is -2.34. The molecule has 3 rings (SSSR count). The predicted octanol–water partition coefficient (Wildman–Crippen LogP) is 2.16. The number of carbonyl (C=O) groups excluding carboxylic acids is 1. The third-order valence-corrected chi connectivity index (χ3v) is 5.09. The van der Waals surface area contributed by atoms with E-state index < -0.39 is 0 Å². The van der Waals surface area contributed by atoms with Gasteiger partial charge in [0.15, 0.2) is 0 Å². The molecule has 19 heavy (non-hydrogen) atoms. The number of aromatic nitrogens is 1. The molecule has 2 atom stereocenters. The maximum atomic E-state index is 11.7. The number of thiazole rings is 1. The number of ether oxygens (including phenoxy) is 1. The second-order valence-corrected chi connectivity index (χ2v) is 6.77. The van der Waals surface area contributed by atoms with Crippen LogP contribution in [0.1, 0.15) is 41.8 Å². The number of likely N-dealkylation sites (N-methyl/N-ethyl adjacent to an activating group) is 1. The molecule has 0 unspecified atom stereocenters. The van der Waals surface area contributed by atoms with E-state index in [-0.39, 0.29) is 18.1 Å². The lowest BCUT2D eigenvalue weighted by molar-refractivity contribution is -0.144. The van der Waals surface area contributed by atoms with E-state index in [1.165, 1.54) is 29.8 Å². The molecule has 0 N–H and O–H groups in total. The number of aryl methyl sites for hydroxylation is 2. The van der Waals surface area contributed by atoms with Crippen LogP contribution in [0.25, 0.3) is 0 Å². The van der Waals surface area contributed by atoms with Gasteiger partial charge in [-0.15, -0.1) is 11.3 Å². The molecular formula is C14H20N2O2S. The first-order valence-electron chi connectivity index (χ1n) is 7.01. The van der Waals surface area contributed by atoms with Gasteiger partial charge < -0.3 is 4.74 Å². The predicted molar refractivity (Wildman–Crippen MR) is 74.2 cm³/mol. The van der Waals surface area contributed by atoms with Crippen molar-refractivity contribution in [3.8, 4) is 0 Å². The quantitative estimate of drug-likeness (QED) is 0.796. The standard InChI is InChI=1S/C14H20N2O2S/c1-9-7-11(14(17)18-9)16(2)8-13-15-10-5-3-4-6-12(10)19-13/h9,11H,3-8H2,1-2H3/t9-,11+/m0/s1. The molecule has 1 aromatic heterocycles. The molecule has 1 aliphatic heterocycles. The molecule has 104 valence electrons. The smallest absolute Gasteiger partial charge is 0.323 e. The third-order valence-electron chi connectivity index (χ3n) is 3.95. The van der Waals surface area contributed by atoms with E-state index in [2.05, 4.69) is 4.90 Å². The summed E-state index contributed by atoms with van der Waals surface area (Å²) in [6, 6.07) is -0.101. The van der Waals surface area contributed by atoms with Crippen LogP contribution in [0.2, 0.25) is 0 Å². The molecule has 0 saturated carbocycles. The van der Waals surface area contributed by atoms with Crippen molar-refractivity contribution in [3.05, 3.63) is 15.6 Å². The highest BCUT2D eigenvalue weighted by molar-refractivity contribution is 7.11. The van der Waals surface area contributed by atoms with Crippen molar-refractivity contribution < 1.29 is 9.53 Å². The summed E-state index contributed by atoms with van der Waals surface area (Å²) in [5.74, 6) is -0.0867. The van der Waals surface area contributed by atoms with Crippen LogP contribution in [0.15, 0.2) is 0 Å². The van der Waals surface area contributed by atoms with Crippen molar-refractivity contribution in [3.63, 3.8) is 0 Å². The van der Waals surface area contributed by atoms with Gasteiger partial charge in [-0.25, -0.2) is 4.98 Å². The molecule has 1 saturated heterocycles. The molecule has 0 spiro atoms. The maximum absolute atomic E-state index is 11.7. The third kappa shape index (κ3) is 2.67. The number of rotatable bonds is 3. The van der Waals surface area contributed by atoms with Crippen molar-refractivity contribution in [2.24, 2.45) is 0 Å². The van der Waals surface area contributed by atoms with Crippen LogP contribution in [0.4, 0.5) is 0 Å². The Balaban J connectivity index is 1.67. The lowest BCUT2D eigenvalue weighted by Gasteiger charge is -2.19. The molecule has 1 fully saturated rings. The van der Waals surface area contributed by atoms with Gasteiger partial charge in [0.25, 0.3) is 0 Å². The minimum Gasteiger partial charge on any atom is -0.461 e. The van der Waals surface area contributed by atoms with E-state index in [0.717, 1.165) is 24.4 Å². The van der Waals surface area contributed by atoms with Gasteiger partial charge in [0.1, 0.15) is 17.2 Å². The van der Waals surface area contributed by atoms with Gasteiger partial charge in [0.2, 0.25) is 0 Å². The molecule has 1 aromatic rings. The second-order valence-electron chi connectivity index (χ2n) is 5.60. The van der Waals surface area contributed by atoms with E-state index >= 15 is 0 Å². The molecule has 0 radical (unpaired) electrons. The van der Waals surface area contributed by atoms with E-state index in [0.29, 0.717) is 0 Å². The number of hydrogen-bond donors (Lipinski definition) is 0. The zero-order valence-electron chi connectivity index (χ0n) is 11.5. The molecular weight excluding hydrogens is 260 g/mol. The minimum absolute atomic E-state index is 0.0458. The normalized spacial score (nSPS) is 26.6. The average molecular weight is 280 g/mol. The molecule has 2 heterocycles. The highest BCUT2D eigenvalue weighted by Crippen LogP contribution is 2.28. The van der Waals surface area contributed by atoms with E-state index in [4.69, 9.17) is 9.72 Å². The Morgan fingerprint density at radius 2 is 2.21 bits per heavy atom. The van der Waals surface area contributed by atoms with Crippen molar-refractivity contribution in [2.75, 3.05) is 7.05 Å². The monoisotopic (exact) mass is 280 g/mol. The van der Waals surface area contributed by atoms with E-state index in [1.54, 1.807) is 0 Å². The summed E-state index contributed by atoms with van der Waals surface area (Å²) in [7, 11) is 1.99. The Morgan fingerprint density at radius 3 is 2.89 bits per heavy atom. The van der Waals surface area contributed by atoms with E-state index in [1.807, 2.05) is 25.3 Å². The molecule has 0 bridgehead atoms. The number of cyclic esters (lactones) is 1. The van der Waals surface area contributed by atoms with Gasteiger partial charge >= 0.3 is 5.97 Å². The van der Waals surface area contributed by atoms with Gasteiger partial charge in [-0.1, -0.05) is 0 Å². The van der Waals surface area contributed by atoms with Crippen LogP contribution in [-0.2, 0) is 28.9 Å². The van der Waals surface area contributed by atoms with Crippen molar-refractivity contribution in [1.82, 2.24) is 9.88 Å². The number of esters is 1. The summed E-state index contributed by atoms with van der Waals surface area (Å²) in [6.45, 7) is 2.71. The van der Waals surface area contributed by atoms with E-state index in [9.17, 15) is 4.79 Å². The Hall–Kier alpha value is -0.940. The number of fused-ring (bicyclic) bond motifs is 1. The average Bonchev–Trinajstić information content (AvgIpc) is 2.91. The van der Waals surface area contributed by atoms with Crippen LogP contribution < -0.4 is 0 Å². The van der Waals surface area contributed by atoms with Crippen molar-refractivity contribution in [2.45, 2.75) is 57.7 Å². The molecule has 1 aliphatic carbocycles. The molecule has 5 heteroatoms. The van der Waals surface area contributed by atoms with Crippen molar-refractivity contribution >= 4 is 17.3 Å². The summed E-state index contributed by atoms with van der Waals surface area (Å²) < 4.78 is 5.22. The Morgan fingerprint density at radius 1 is 1.42 bits per heavy atom. The molecule has 2 aliphatic rings. The topological polar surface area (TPSA) is 42.4 Å². The van der Waals surface area contributed by atoms with Gasteiger partial charge in [-0.3, -0.25) is 9.69 Å². The summed E-state index contributed by atoms with van der Waals surface area (Å²) >= 11 is 1.82. The highest BCUT2D eigenvalue weighted by atomic mass is 32.1. The fourth-order valence-corrected chi connectivity index (χ4v) is 4.11. The maximum Gasteiger partial charge on any atom is 0.323 e. The molecule has 0 aromatic carbocycles. The highest BCUT2D eigenvalue weighted by Gasteiger charge is 2.35. The summed E-state index contributed by atoms with van der Waals surface area (Å²) in [6.07, 6.45) is 5.69. The Kier molecular flexibility index (Phi) is 3.58. The van der Waals surface area contributed by atoms with Gasteiger partial charge in [0, 0.05) is 11.3 Å². The molecule has 4 nitrogen and oxygen atoms in total. The SMILES string of the molecule is C[C@H]1C[C@@H](N(C)Cc2nc3c(s2)CCCC3)C(=O)O1. The first-order chi connectivity index (χ1) is 9.13. The first-order valence-corrected chi connectivity index (χ1v) is 7.83. The zero-order valence-corrected chi connectivity index (χ0v) is 12.3. The minimum atomic E-state index is -0.101.